The quantitative estimate of drug-likeness (QED) is 0.779. The number of nitrogens with two attached hydrogens (primary N) is 1. The van der Waals surface area contributed by atoms with Crippen LogP contribution in [0.4, 0.5) is 5.82 Å². The fourth-order valence-corrected chi connectivity index (χ4v) is 1.11. The highest BCUT2D eigenvalue weighted by Crippen LogP contribution is 2.10. The van der Waals surface area contributed by atoms with Crippen molar-refractivity contribution >= 4 is 17.4 Å². The Labute approximate surface area is 83.3 Å². The smallest absolute Gasteiger partial charge is 0.126 e. The van der Waals surface area contributed by atoms with E-state index >= 15 is 0 Å². The molecule has 13 heavy (non-hydrogen) atoms. The van der Waals surface area contributed by atoms with Crippen molar-refractivity contribution in [2.24, 2.45) is 5.73 Å². The largest absolute Gasteiger partial charge is 0.366 e. The summed E-state index contributed by atoms with van der Waals surface area (Å²) in [4.78, 5) is 4.12. The predicted molar refractivity (Wildman–Crippen MR) is 56.0 cm³/mol. The SMILES string of the molecule is CCC(CN)Nc1ccc(Cl)cn1. The molecule has 0 aliphatic rings. The minimum Gasteiger partial charge on any atom is -0.366 e. The fourth-order valence-electron chi connectivity index (χ4n) is 0.998. The summed E-state index contributed by atoms with van der Waals surface area (Å²) in [5.41, 5.74) is 5.54. The zero-order chi connectivity index (χ0) is 9.68. The van der Waals surface area contributed by atoms with E-state index < -0.39 is 0 Å². The van der Waals surface area contributed by atoms with Crippen LogP contribution in [0.2, 0.25) is 5.02 Å². The number of nitrogens with zero attached hydrogens (tertiary/aromatic N) is 1. The lowest BCUT2D eigenvalue weighted by molar-refractivity contribution is 0.700. The van der Waals surface area contributed by atoms with Crippen LogP contribution in [0.25, 0.3) is 0 Å². The Morgan fingerprint density at radius 3 is 2.85 bits per heavy atom. The van der Waals surface area contributed by atoms with Crippen molar-refractivity contribution in [3.05, 3.63) is 23.4 Å². The van der Waals surface area contributed by atoms with Crippen molar-refractivity contribution in [3.8, 4) is 0 Å². The summed E-state index contributed by atoms with van der Waals surface area (Å²) in [5.74, 6) is 0.821. The van der Waals surface area contributed by atoms with E-state index in [2.05, 4.69) is 17.2 Å². The van der Waals surface area contributed by atoms with Crippen molar-refractivity contribution in [3.63, 3.8) is 0 Å². The van der Waals surface area contributed by atoms with Gasteiger partial charge < -0.3 is 11.1 Å². The van der Waals surface area contributed by atoms with E-state index in [0.717, 1.165) is 12.2 Å². The number of aromatic nitrogens is 1. The van der Waals surface area contributed by atoms with Crippen LogP contribution >= 0.6 is 11.6 Å². The first-order chi connectivity index (χ1) is 6.26. The number of pyridine rings is 1. The summed E-state index contributed by atoms with van der Waals surface area (Å²) >= 11 is 5.70. The van der Waals surface area contributed by atoms with Crippen molar-refractivity contribution < 1.29 is 0 Å². The highest BCUT2D eigenvalue weighted by atomic mass is 35.5. The number of hydrogen-bond acceptors (Lipinski definition) is 3. The highest BCUT2D eigenvalue weighted by molar-refractivity contribution is 6.30. The molecule has 0 aromatic carbocycles. The zero-order valence-electron chi connectivity index (χ0n) is 7.63. The number of anilines is 1. The summed E-state index contributed by atoms with van der Waals surface area (Å²) in [6.07, 6.45) is 2.61. The third-order valence-electron chi connectivity index (χ3n) is 1.86. The van der Waals surface area contributed by atoms with Gasteiger partial charge in [0.15, 0.2) is 0 Å². The van der Waals surface area contributed by atoms with Crippen LogP contribution in [-0.2, 0) is 0 Å². The minimum atomic E-state index is 0.286. The molecule has 1 aromatic heterocycles. The molecular weight excluding hydrogens is 186 g/mol. The Balaban J connectivity index is 2.58. The molecule has 1 rings (SSSR count). The molecule has 0 saturated heterocycles. The molecule has 4 heteroatoms. The molecule has 72 valence electrons. The van der Waals surface area contributed by atoms with Gasteiger partial charge in [-0.3, -0.25) is 0 Å². The second-order valence-corrected chi connectivity index (χ2v) is 3.28. The third-order valence-corrected chi connectivity index (χ3v) is 2.08. The first kappa shape index (κ1) is 10.3. The van der Waals surface area contributed by atoms with E-state index in [1.165, 1.54) is 0 Å². The number of nitrogens with one attached hydrogen (secondary N) is 1. The molecule has 0 spiro atoms. The summed E-state index contributed by atoms with van der Waals surface area (Å²) in [7, 11) is 0. The van der Waals surface area contributed by atoms with Crippen LogP contribution in [0.15, 0.2) is 18.3 Å². The van der Waals surface area contributed by atoms with Crippen LogP contribution in [0.5, 0.6) is 0 Å². The molecule has 0 aliphatic carbocycles. The van der Waals surface area contributed by atoms with Gasteiger partial charge in [0, 0.05) is 18.8 Å². The van der Waals surface area contributed by atoms with Gasteiger partial charge in [-0.2, -0.15) is 0 Å². The van der Waals surface area contributed by atoms with Gasteiger partial charge in [0.1, 0.15) is 5.82 Å². The van der Waals surface area contributed by atoms with Gasteiger partial charge in [-0.1, -0.05) is 18.5 Å². The summed E-state index contributed by atoms with van der Waals surface area (Å²) in [6.45, 7) is 2.70. The highest BCUT2D eigenvalue weighted by Gasteiger charge is 2.02. The molecular formula is C9H14ClN3. The lowest BCUT2D eigenvalue weighted by Crippen LogP contribution is -2.28. The summed E-state index contributed by atoms with van der Waals surface area (Å²) < 4.78 is 0. The maximum atomic E-state index is 5.70. The van der Waals surface area contributed by atoms with Crippen LogP contribution < -0.4 is 11.1 Å². The molecule has 3 N–H and O–H groups in total. The maximum absolute atomic E-state index is 5.70. The number of hydrogen-bond donors (Lipinski definition) is 2. The predicted octanol–water partition coefficient (Wildman–Crippen LogP) is 1.88. The molecule has 0 fully saturated rings. The molecule has 0 radical (unpaired) electrons. The average Bonchev–Trinajstić information content (AvgIpc) is 2.17. The fraction of sp³-hybridized carbons (Fsp3) is 0.444. The van der Waals surface area contributed by atoms with Crippen molar-refractivity contribution in [1.82, 2.24) is 4.98 Å². The Morgan fingerprint density at radius 2 is 2.38 bits per heavy atom. The molecule has 1 atom stereocenters. The molecule has 0 amide bonds. The van der Waals surface area contributed by atoms with Gasteiger partial charge in [0.25, 0.3) is 0 Å². The molecule has 1 unspecified atom stereocenters. The average molecular weight is 200 g/mol. The number of rotatable bonds is 4. The monoisotopic (exact) mass is 199 g/mol. The van der Waals surface area contributed by atoms with E-state index in [0.29, 0.717) is 11.6 Å². The van der Waals surface area contributed by atoms with Gasteiger partial charge >= 0.3 is 0 Å². The molecule has 0 saturated carbocycles. The minimum absolute atomic E-state index is 0.286. The van der Waals surface area contributed by atoms with Crippen LogP contribution in [-0.4, -0.2) is 17.6 Å². The zero-order valence-corrected chi connectivity index (χ0v) is 8.38. The normalized spacial score (nSPS) is 12.5. The topological polar surface area (TPSA) is 50.9 Å². The Morgan fingerprint density at radius 1 is 1.62 bits per heavy atom. The van der Waals surface area contributed by atoms with Crippen molar-refractivity contribution in [2.75, 3.05) is 11.9 Å². The Hall–Kier alpha value is -0.800. The van der Waals surface area contributed by atoms with E-state index in [9.17, 15) is 0 Å². The first-order valence-electron chi connectivity index (χ1n) is 4.34. The Bertz CT molecular complexity index is 244. The second kappa shape index (κ2) is 5.04. The van der Waals surface area contributed by atoms with E-state index in [-0.39, 0.29) is 6.04 Å². The Kier molecular flexibility index (Phi) is 3.99. The number of halogens is 1. The van der Waals surface area contributed by atoms with E-state index in [1.807, 2.05) is 6.07 Å². The van der Waals surface area contributed by atoms with Crippen LogP contribution in [0, 0.1) is 0 Å². The molecule has 3 nitrogen and oxygen atoms in total. The van der Waals surface area contributed by atoms with Gasteiger partial charge in [-0.25, -0.2) is 4.98 Å². The summed E-state index contributed by atoms with van der Waals surface area (Å²) in [6, 6.07) is 3.94. The van der Waals surface area contributed by atoms with Crippen LogP contribution in [0.1, 0.15) is 13.3 Å². The lowest BCUT2D eigenvalue weighted by Gasteiger charge is -2.14. The van der Waals surface area contributed by atoms with Gasteiger partial charge in [-0.15, -0.1) is 0 Å². The first-order valence-corrected chi connectivity index (χ1v) is 4.72. The molecule has 0 aliphatic heterocycles. The maximum Gasteiger partial charge on any atom is 0.126 e. The van der Waals surface area contributed by atoms with Crippen LogP contribution in [0.3, 0.4) is 0 Å². The van der Waals surface area contributed by atoms with Gasteiger partial charge in [0.2, 0.25) is 0 Å². The standard InChI is InChI=1S/C9H14ClN3/c1-2-8(5-11)13-9-4-3-7(10)6-12-9/h3-4,6,8H,2,5,11H2,1H3,(H,12,13). The third kappa shape index (κ3) is 3.20. The van der Waals surface area contributed by atoms with E-state index in [4.69, 9.17) is 17.3 Å². The molecule has 0 bridgehead atoms. The van der Waals surface area contributed by atoms with Crippen molar-refractivity contribution in [1.29, 1.82) is 0 Å². The van der Waals surface area contributed by atoms with E-state index in [1.54, 1.807) is 12.3 Å². The van der Waals surface area contributed by atoms with Gasteiger partial charge in [0.05, 0.1) is 5.02 Å². The second-order valence-electron chi connectivity index (χ2n) is 2.85. The molecule has 1 heterocycles. The molecule has 1 aromatic rings. The lowest BCUT2D eigenvalue weighted by atomic mass is 10.2. The summed E-state index contributed by atoms with van der Waals surface area (Å²) in [5, 5.41) is 3.86. The van der Waals surface area contributed by atoms with Crippen molar-refractivity contribution in [2.45, 2.75) is 19.4 Å². The van der Waals surface area contributed by atoms with Gasteiger partial charge in [-0.05, 0) is 18.6 Å².